The van der Waals surface area contributed by atoms with Crippen LogP contribution < -0.4 is 4.74 Å². The van der Waals surface area contributed by atoms with Crippen LogP contribution in [0.2, 0.25) is 0 Å². The molecule has 0 aliphatic rings. The summed E-state index contributed by atoms with van der Waals surface area (Å²) in [6.07, 6.45) is 0. The molecule has 0 saturated heterocycles. The Morgan fingerprint density at radius 2 is 1.80 bits per heavy atom. The molecule has 0 aliphatic heterocycles. The first-order valence-electron chi connectivity index (χ1n) is 4.65. The van der Waals surface area contributed by atoms with Crippen molar-refractivity contribution >= 4 is 0 Å². The van der Waals surface area contributed by atoms with Crippen LogP contribution in [0.25, 0.3) is 0 Å². The lowest BCUT2D eigenvalue weighted by Gasteiger charge is -2.05. The fourth-order valence-electron chi connectivity index (χ4n) is 1.22. The maximum Gasteiger partial charge on any atom is 0.130 e. The standard InChI is InChI=1S/C13H10FO/c1-10-5-7-12(8-6-10)15-13-4-2-3-11(14)9-13/h3-9H,1H3. The average molecular weight is 201 g/mol. The van der Waals surface area contributed by atoms with Crippen molar-refractivity contribution in [1.29, 1.82) is 0 Å². The molecule has 2 rings (SSSR count). The van der Waals surface area contributed by atoms with Gasteiger partial charge in [-0.05, 0) is 37.3 Å². The first-order valence-corrected chi connectivity index (χ1v) is 4.65. The number of aryl methyl sites for hydroxylation is 1. The van der Waals surface area contributed by atoms with Crippen LogP contribution in [-0.2, 0) is 0 Å². The van der Waals surface area contributed by atoms with Gasteiger partial charge in [0, 0.05) is 6.07 Å². The predicted molar refractivity (Wildman–Crippen MR) is 56.5 cm³/mol. The summed E-state index contributed by atoms with van der Waals surface area (Å²) in [6.45, 7) is 2.00. The lowest BCUT2D eigenvalue weighted by atomic mass is 10.2. The van der Waals surface area contributed by atoms with Gasteiger partial charge in [0.05, 0.1) is 0 Å². The lowest BCUT2D eigenvalue weighted by molar-refractivity contribution is 0.476. The molecule has 0 bridgehead atoms. The predicted octanol–water partition coefficient (Wildman–Crippen LogP) is 3.73. The second kappa shape index (κ2) is 4.13. The van der Waals surface area contributed by atoms with Gasteiger partial charge in [-0.15, -0.1) is 0 Å². The van der Waals surface area contributed by atoms with Crippen LogP contribution >= 0.6 is 0 Å². The highest BCUT2D eigenvalue weighted by Crippen LogP contribution is 2.21. The van der Waals surface area contributed by atoms with E-state index >= 15 is 0 Å². The van der Waals surface area contributed by atoms with Crippen molar-refractivity contribution < 1.29 is 9.13 Å². The van der Waals surface area contributed by atoms with Gasteiger partial charge >= 0.3 is 0 Å². The zero-order valence-electron chi connectivity index (χ0n) is 8.33. The van der Waals surface area contributed by atoms with Crippen LogP contribution in [-0.4, -0.2) is 0 Å². The largest absolute Gasteiger partial charge is 0.457 e. The summed E-state index contributed by atoms with van der Waals surface area (Å²) in [6, 6.07) is 14.4. The molecule has 75 valence electrons. The Balaban J connectivity index is 2.18. The molecule has 0 spiro atoms. The molecule has 15 heavy (non-hydrogen) atoms. The zero-order valence-corrected chi connectivity index (χ0v) is 8.33. The number of hydrogen-bond acceptors (Lipinski definition) is 1. The molecule has 0 saturated carbocycles. The lowest BCUT2D eigenvalue weighted by Crippen LogP contribution is -1.85. The third-order valence-corrected chi connectivity index (χ3v) is 1.98. The molecule has 0 unspecified atom stereocenters. The summed E-state index contributed by atoms with van der Waals surface area (Å²) in [5.41, 5.74) is 1.16. The van der Waals surface area contributed by atoms with E-state index in [1.165, 1.54) is 12.1 Å². The van der Waals surface area contributed by atoms with E-state index in [-0.39, 0.29) is 5.82 Å². The monoisotopic (exact) mass is 201 g/mol. The van der Waals surface area contributed by atoms with E-state index < -0.39 is 0 Å². The molecule has 0 N–H and O–H groups in total. The Kier molecular flexibility index (Phi) is 2.68. The first kappa shape index (κ1) is 9.71. The van der Waals surface area contributed by atoms with Gasteiger partial charge < -0.3 is 4.74 Å². The van der Waals surface area contributed by atoms with E-state index in [1.54, 1.807) is 6.07 Å². The fourth-order valence-corrected chi connectivity index (χ4v) is 1.22. The van der Waals surface area contributed by atoms with Gasteiger partial charge in [0.1, 0.15) is 17.3 Å². The third-order valence-electron chi connectivity index (χ3n) is 1.98. The Labute approximate surface area is 88.1 Å². The fraction of sp³-hybridized carbons (Fsp3) is 0.0769. The maximum atomic E-state index is 12.8. The van der Waals surface area contributed by atoms with E-state index in [0.29, 0.717) is 11.5 Å². The van der Waals surface area contributed by atoms with Gasteiger partial charge in [-0.25, -0.2) is 4.39 Å². The zero-order chi connectivity index (χ0) is 10.7. The first-order chi connectivity index (χ1) is 7.24. The number of halogens is 1. The normalized spacial score (nSPS) is 10.0. The van der Waals surface area contributed by atoms with Crippen LogP contribution in [0.1, 0.15) is 5.56 Å². The van der Waals surface area contributed by atoms with Crippen molar-refractivity contribution in [2.45, 2.75) is 6.92 Å². The number of benzene rings is 2. The highest BCUT2D eigenvalue weighted by molar-refractivity contribution is 5.32. The minimum Gasteiger partial charge on any atom is -0.457 e. The van der Waals surface area contributed by atoms with Gasteiger partial charge in [0.15, 0.2) is 0 Å². The molecule has 2 heteroatoms. The quantitative estimate of drug-likeness (QED) is 0.719. The minimum atomic E-state index is -0.348. The molecule has 2 aromatic rings. The van der Waals surface area contributed by atoms with Crippen LogP contribution in [0.4, 0.5) is 4.39 Å². The minimum absolute atomic E-state index is 0.348. The average Bonchev–Trinajstić information content (AvgIpc) is 2.22. The van der Waals surface area contributed by atoms with E-state index in [2.05, 4.69) is 6.07 Å². The van der Waals surface area contributed by atoms with Crippen molar-refractivity contribution in [2.75, 3.05) is 0 Å². The summed E-state index contributed by atoms with van der Waals surface area (Å²) in [5, 5.41) is 0. The SMILES string of the molecule is Cc1ccc(Oc2c[c]cc(F)c2)cc1. The number of ether oxygens (including phenoxy) is 1. The Bertz CT molecular complexity index is 448. The molecule has 0 fully saturated rings. The summed E-state index contributed by atoms with van der Waals surface area (Å²) in [7, 11) is 0. The summed E-state index contributed by atoms with van der Waals surface area (Å²) in [5.74, 6) is 0.804. The van der Waals surface area contributed by atoms with Gasteiger partial charge in [0.25, 0.3) is 0 Å². The number of hydrogen-bond donors (Lipinski definition) is 0. The van der Waals surface area contributed by atoms with Crippen LogP contribution in [0.15, 0.2) is 42.5 Å². The van der Waals surface area contributed by atoms with Crippen LogP contribution in [0.5, 0.6) is 11.5 Å². The van der Waals surface area contributed by atoms with E-state index in [0.717, 1.165) is 5.56 Å². The Hall–Kier alpha value is -1.83. The molecule has 0 amide bonds. The Morgan fingerprint density at radius 3 is 2.47 bits per heavy atom. The smallest absolute Gasteiger partial charge is 0.130 e. The van der Waals surface area contributed by atoms with Gasteiger partial charge in [-0.3, -0.25) is 0 Å². The van der Waals surface area contributed by atoms with Crippen molar-refractivity contribution in [1.82, 2.24) is 0 Å². The molecule has 1 radical (unpaired) electrons. The van der Waals surface area contributed by atoms with Crippen molar-refractivity contribution in [2.24, 2.45) is 0 Å². The molecule has 0 atom stereocenters. The second-order valence-corrected chi connectivity index (χ2v) is 3.30. The number of rotatable bonds is 2. The van der Waals surface area contributed by atoms with Crippen molar-refractivity contribution in [3.63, 3.8) is 0 Å². The highest BCUT2D eigenvalue weighted by Gasteiger charge is 1.98. The second-order valence-electron chi connectivity index (χ2n) is 3.30. The third kappa shape index (κ3) is 2.56. The summed E-state index contributed by atoms with van der Waals surface area (Å²) >= 11 is 0. The van der Waals surface area contributed by atoms with E-state index in [1.807, 2.05) is 31.2 Å². The summed E-state index contributed by atoms with van der Waals surface area (Å²) < 4.78 is 18.3. The molecule has 0 aromatic heterocycles. The molecule has 0 aliphatic carbocycles. The molecule has 2 aromatic carbocycles. The van der Waals surface area contributed by atoms with Crippen molar-refractivity contribution in [3.8, 4) is 11.5 Å². The topological polar surface area (TPSA) is 9.23 Å². The van der Waals surface area contributed by atoms with Gasteiger partial charge in [-0.1, -0.05) is 17.7 Å². The summed E-state index contributed by atoms with van der Waals surface area (Å²) in [4.78, 5) is 0. The maximum absolute atomic E-state index is 12.8. The van der Waals surface area contributed by atoms with Crippen LogP contribution in [0, 0.1) is 18.8 Å². The van der Waals surface area contributed by atoms with Gasteiger partial charge in [-0.2, -0.15) is 0 Å². The van der Waals surface area contributed by atoms with E-state index in [9.17, 15) is 4.39 Å². The van der Waals surface area contributed by atoms with E-state index in [4.69, 9.17) is 4.74 Å². The van der Waals surface area contributed by atoms with Crippen molar-refractivity contribution in [3.05, 3.63) is 59.9 Å². The molecule has 0 heterocycles. The van der Waals surface area contributed by atoms with Crippen LogP contribution in [0.3, 0.4) is 0 Å². The van der Waals surface area contributed by atoms with Gasteiger partial charge in [0.2, 0.25) is 0 Å². The molecule has 1 nitrogen and oxygen atoms in total. The highest BCUT2D eigenvalue weighted by atomic mass is 19.1. The molecular formula is C13H10FO. The molecular weight excluding hydrogens is 191 g/mol. The Morgan fingerprint density at radius 1 is 1.07 bits per heavy atom.